The van der Waals surface area contributed by atoms with E-state index in [0.29, 0.717) is 17.9 Å². The maximum Gasteiger partial charge on any atom is 0.227 e. The van der Waals surface area contributed by atoms with Crippen LogP contribution in [0.1, 0.15) is 47.9 Å². The van der Waals surface area contributed by atoms with Gasteiger partial charge in [0, 0.05) is 30.7 Å². The van der Waals surface area contributed by atoms with E-state index in [-0.39, 0.29) is 24.1 Å². The SMILES string of the molecule is COc1ccc(CC(=O)N2CCCC[C@H]2c2nc(C)ncc2-c2ccncc2C)cc1F. The molecule has 6 nitrogen and oxygen atoms in total. The molecule has 7 heteroatoms. The fourth-order valence-electron chi connectivity index (χ4n) is 4.34. The fraction of sp³-hybridized carbons (Fsp3) is 0.360. The number of halogens is 1. The van der Waals surface area contributed by atoms with Gasteiger partial charge in [0.25, 0.3) is 0 Å². The van der Waals surface area contributed by atoms with Gasteiger partial charge in [0.2, 0.25) is 5.91 Å². The van der Waals surface area contributed by atoms with E-state index in [0.717, 1.165) is 41.6 Å². The molecule has 1 aromatic carbocycles. The van der Waals surface area contributed by atoms with Crippen LogP contribution in [0.4, 0.5) is 4.39 Å². The number of rotatable bonds is 5. The quantitative estimate of drug-likeness (QED) is 0.587. The lowest BCUT2D eigenvalue weighted by Gasteiger charge is -2.36. The second-order valence-electron chi connectivity index (χ2n) is 8.15. The zero-order chi connectivity index (χ0) is 22.7. The molecule has 0 radical (unpaired) electrons. The van der Waals surface area contributed by atoms with Crippen LogP contribution < -0.4 is 4.74 Å². The third-order valence-electron chi connectivity index (χ3n) is 5.96. The van der Waals surface area contributed by atoms with Gasteiger partial charge in [-0.05, 0) is 68.0 Å². The lowest BCUT2D eigenvalue weighted by atomic mass is 9.92. The molecule has 32 heavy (non-hydrogen) atoms. The molecule has 4 rings (SSSR count). The zero-order valence-corrected chi connectivity index (χ0v) is 18.6. The van der Waals surface area contributed by atoms with E-state index in [2.05, 4.69) is 9.97 Å². The number of amides is 1. The van der Waals surface area contributed by atoms with Crippen LogP contribution in [-0.4, -0.2) is 39.4 Å². The molecule has 1 atom stereocenters. The third-order valence-corrected chi connectivity index (χ3v) is 5.96. The van der Waals surface area contributed by atoms with Crippen LogP contribution in [0.15, 0.2) is 42.9 Å². The fourth-order valence-corrected chi connectivity index (χ4v) is 4.34. The van der Waals surface area contributed by atoms with E-state index in [4.69, 9.17) is 9.72 Å². The molecular formula is C25H27FN4O2. The Balaban J connectivity index is 1.67. The predicted molar refractivity (Wildman–Crippen MR) is 120 cm³/mol. The number of methoxy groups -OCH3 is 1. The standard InChI is InChI=1S/C25H27FN4O2/c1-16-14-27-10-9-19(16)20-15-28-17(2)29-25(20)22-6-4-5-11-30(22)24(31)13-18-7-8-23(32-3)21(26)12-18/h7-10,12,14-15,22H,4-6,11,13H2,1-3H3/t22-/m0/s1. The molecule has 1 aliphatic heterocycles. The molecule has 1 amide bonds. The van der Waals surface area contributed by atoms with Crippen LogP contribution in [0.5, 0.6) is 5.75 Å². The number of nitrogens with zero attached hydrogens (tertiary/aromatic N) is 4. The lowest BCUT2D eigenvalue weighted by Crippen LogP contribution is -2.40. The van der Waals surface area contributed by atoms with Crippen molar-refractivity contribution >= 4 is 5.91 Å². The molecule has 166 valence electrons. The number of aromatic nitrogens is 3. The van der Waals surface area contributed by atoms with E-state index in [1.165, 1.54) is 13.2 Å². The van der Waals surface area contributed by atoms with Crippen molar-refractivity contribution in [1.29, 1.82) is 0 Å². The number of pyridine rings is 1. The van der Waals surface area contributed by atoms with Crippen LogP contribution in [0, 0.1) is 19.7 Å². The Morgan fingerprint density at radius 2 is 2.03 bits per heavy atom. The van der Waals surface area contributed by atoms with Gasteiger partial charge in [-0.1, -0.05) is 6.07 Å². The van der Waals surface area contributed by atoms with Gasteiger partial charge in [-0.25, -0.2) is 14.4 Å². The highest BCUT2D eigenvalue weighted by atomic mass is 19.1. The smallest absolute Gasteiger partial charge is 0.227 e. The molecule has 3 aromatic rings. The van der Waals surface area contributed by atoms with Crippen molar-refractivity contribution in [2.24, 2.45) is 0 Å². The molecule has 1 saturated heterocycles. The van der Waals surface area contributed by atoms with E-state index < -0.39 is 5.82 Å². The Morgan fingerprint density at radius 3 is 2.78 bits per heavy atom. The molecule has 3 heterocycles. The average Bonchev–Trinajstić information content (AvgIpc) is 2.80. The van der Waals surface area contributed by atoms with E-state index in [1.54, 1.807) is 18.3 Å². The first-order valence-electron chi connectivity index (χ1n) is 10.8. The van der Waals surface area contributed by atoms with Gasteiger partial charge in [-0.15, -0.1) is 0 Å². The van der Waals surface area contributed by atoms with Gasteiger partial charge in [-0.3, -0.25) is 9.78 Å². The van der Waals surface area contributed by atoms with Crippen molar-refractivity contribution in [3.8, 4) is 16.9 Å². The normalized spacial score (nSPS) is 16.1. The zero-order valence-electron chi connectivity index (χ0n) is 18.6. The van der Waals surface area contributed by atoms with Crippen LogP contribution in [0.2, 0.25) is 0 Å². The monoisotopic (exact) mass is 434 g/mol. The Bertz CT molecular complexity index is 1130. The topological polar surface area (TPSA) is 68.2 Å². The Morgan fingerprint density at radius 1 is 1.19 bits per heavy atom. The summed E-state index contributed by atoms with van der Waals surface area (Å²) in [5.74, 6) is 0.347. The van der Waals surface area contributed by atoms with Crippen molar-refractivity contribution in [3.05, 3.63) is 71.3 Å². The van der Waals surface area contributed by atoms with E-state index in [1.807, 2.05) is 37.2 Å². The summed E-state index contributed by atoms with van der Waals surface area (Å²) in [6.45, 7) is 4.52. The highest BCUT2D eigenvalue weighted by Crippen LogP contribution is 2.36. The molecule has 0 unspecified atom stereocenters. The van der Waals surface area contributed by atoms with Gasteiger partial charge in [-0.2, -0.15) is 0 Å². The second-order valence-corrected chi connectivity index (χ2v) is 8.15. The first kappa shape index (κ1) is 21.9. The molecule has 1 fully saturated rings. The molecule has 1 aliphatic rings. The summed E-state index contributed by atoms with van der Waals surface area (Å²) >= 11 is 0. The number of carbonyl (C=O) groups excluding carboxylic acids is 1. The highest BCUT2D eigenvalue weighted by molar-refractivity contribution is 5.80. The number of hydrogen-bond acceptors (Lipinski definition) is 5. The first-order chi connectivity index (χ1) is 15.5. The number of likely N-dealkylation sites (tertiary alicyclic amines) is 1. The van der Waals surface area contributed by atoms with E-state index in [9.17, 15) is 9.18 Å². The average molecular weight is 435 g/mol. The molecule has 0 bridgehead atoms. The number of hydrogen-bond donors (Lipinski definition) is 0. The Kier molecular flexibility index (Phi) is 6.44. The highest BCUT2D eigenvalue weighted by Gasteiger charge is 2.31. The maximum atomic E-state index is 14.1. The summed E-state index contributed by atoms with van der Waals surface area (Å²) in [4.78, 5) is 28.6. The molecule has 0 spiro atoms. The van der Waals surface area contributed by atoms with Gasteiger partial charge >= 0.3 is 0 Å². The largest absolute Gasteiger partial charge is 0.494 e. The molecular weight excluding hydrogens is 407 g/mol. The number of aryl methyl sites for hydroxylation is 2. The van der Waals surface area contributed by atoms with Gasteiger partial charge in [0.15, 0.2) is 11.6 Å². The van der Waals surface area contributed by atoms with Crippen molar-refractivity contribution < 1.29 is 13.9 Å². The van der Waals surface area contributed by atoms with Crippen LogP contribution >= 0.6 is 0 Å². The maximum absolute atomic E-state index is 14.1. The minimum Gasteiger partial charge on any atom is -0.494 e. The van der Waals surface area contributed by atoms with Gasteiger partial charge < -0.3 is 9.64 Å². The van der Waals surface area contributed by atoms with Crippen LogP contribution in [0.25, 0.3) is 11.1 Å². The predicted octanol–water partition coefficient (Wildman–Crippen LogP) is 4.60. The van der Waals surface area contributed by atoms with Crippen molar-refractivity contribution in [2.75, 3.05) is 13.7 Å². The van der Waals surface area contributed by atoms with Crippen molar-refractivity contribution in [2.45, 2.75) is 45.6 Å². The van der Waals surface area contributed by atoms with Crippen LogP contribution in [0.3, 0.4) is 0 Å². The van der Waals surface area contributed by atoms with Gasteiger partial charge in [0.1, 0.15) is 5.82 Å². The van der Waals surface area contributed by atoms with Gasteiger partial charge in [0.05, 0.1) is 25.3 Å². The van der Waals surface area contributed by atoms with Crippen LogP contribution in [-0.2, 0) is 11.2 Å². The second kappa shape index (κ2) is 9.42. The number of piperidine rings is 1. The number of ether oxygens (including phenoxy) is 1. The summed E-state index contributed by atoms with van der Waals surface area (Å²) in [5.41, 5.74) is 4.46. The summed E-state index contributed by atoms with van der Waals surface area (Å²) in [6, 6.07) is 6.48. The summed E-state index contributed by atoms with van der Waals surface area (Å²) < 4.78 is 19.1. The number of benzene rings is 1. The van der Waals surface area contributed by atoms with Crippen molar-refractivity contribution in [1.82, 2.24) is 19.9 Å². The third kappa shape index (κ3) is 4.47. The molecule has 2 aromatic heterocycles. The minimum atomic E-state index is -0.463. The summed E-state index contributed by atoms with van der Waals surface area (Å²) in [7, 11) is 1.42. The number of carbonyl (C=O) groups is 1. The molecule has 0 aliphatic carbocycles. The Hall–Kier alpha value is -3.35. The summed E-state index contributed by atoms with van der Waals surface area (Å²) in [6.07, 6.45) is 8.34. The van der Waals surface area contributed by atoms with E-state index >= 15 is 0 Å². The Labute approximate surface area is 187 Å². The lowest BCUT2D eigenvalue weighted by molar-refractivity contribution is -0.134. The molecule has 0 N–H and O–H groups in total. The van der Waals surface area contributed by atoms with Crippen molar-refractivity contribution in [3.63, 3.8) is 0 Å². The molecule has 0 saturated carbocycles. The summed E-state index contributed by atoms with van der Waals surface area (Å²) in [5, 5.41) is 0. The minimum absolute atomic E-state index is 0.0343. The first-order valence-corrected chi connectivity index (χ1v) is 10.8.